The summed E-state index contributed by atoms with van der Waals surface area (Å²) in [6.07, 6.45) is 0.515. The molecular weight excluding hydrogens is 244 g/mol. The third kappa shape index (κ3) is 2.76. The third-order valence-corrected chi connectivity index (χ3v) is 3.24. The molecule has 1 fully saturated rings. The number of hydrogen-bond acceptors (Lipinski definition) is 3. The molecule has 1 atom stereocenters. The maximum absolute atomic E-state index is 12.3. The molecule has 1 N–H and O–H groups in total. The molecule has 5 heteroatoms. The number of nitrogens with one attached hydrogen (secondary N) is 1. The Morgan fingerprint density at radius 3 is 2.53 bits per heavy atom. The maximum Gasteiger partial charge on any atom is 0.256 e. The largest absolute Gasteiger partial charge is 0.312 e. The van der Waals surface area contributed by atoms with E-state index in [1.54, 1.807) is 4.90 Å². The summed E-state index contributed by atoms with van der Waals surface area (Å²) in [7, 11) is 1.36. The van der Waals surface area contributed by atoms with Gasteiger partial charge >= 0.3 is 0 Å². The van der Waals surface area contributed by atoms with Gasteiger partial charge in [-0.2, -0.15) is 0 Å². The molecule has 0 aromatic heterocycles. The van der Waals surface area contributed by atoms with Gasteiger partial charge in [-0.1, -0.05) is 6.07 Å². The van der Waals surface area contributed by atoms with Crippen LogP contribution in [0.2, 0.25) is 0 Å². The zero-order chi connectivity index (χ0) is 14.0. The van der Waals surface area contributed by atoms with Gasteiger partial charge in [0.05, 0.1) is 7.11 Å². The van der Waals surface area contributed by atoms with Crippen LogP contribution in [-0.2, 0) is 14.4 Å². The number of hydroxylamine groups is 1. The minimum atomic E-state index is -0.652. The van der Waals surface area contributed by atoms with Crippen molar-refractivity contribution in [3.8, 4) is 0 Å². The van der Waals surface area contributed by atoms with Crippen LogP contribution in [0.5, 0.6) is 0 Å². The second-order valence-electron chi connectivity index (χ2n) is 4.85. The zero-order valence-corrected chi connectivity index (χ0v) is 11.4. The highest BCUT2D eigenvalue weighted by molar-refractivity contribution is 6.09. The van der Waals surface area contributed by atoms with Crippen molar-refractivity contribution in [3.05, 3.63) is 29.3 Å². The lowest BCUT2D eigenvalue weighted by molar-refractivity contribution is -0.139. The van der Waals surface area contributed by atoms with Crippen LogP contribution in [0.25, 0.3) is 0 Å². The molecule has 1 aromatic carbocycles. The molecule has 0 aliphatic carbocycles. The molecule has 1 heterocycles. The normalized spacial score (nSPS) is 18.8. The molecule has 0 saturated carbocycles. The van der Waals surface area contributed by atoms with Crippen LogP contribution in [0.3, 0.4) is 0 Å². The van der Waals surface area contributed by atoms with E-state index in [9.17, 15) is 9.59 Å². The summed E-state index contributed by atoms with van der Waals surface area (Å²) < 4.78 is 0. The number of benzene rings is 1. The number of hydrogen-bond donors (Lipinski definition) is 1. The Morgan fingerprint density at radius 1 is 1.32 bits per heavy atom. The number of rotatable bonds is 3. The summed E-state index contributed by atoms with van der Waals surface area (Å²) in [6, 6.07) is 5.97. The molecule has 1 aliphatic heterocycles. The van der Waals surface area contributed by atoms with Gasteiger partial charge in [-0.3, -0.25) is 14.4 Å². The highest BCUT2D eigenvalue weighted by Gasteiger charge is 2.37. The molecule has 1 aliphatic rings. The third-order valence-electron chi connectivity index (χ3n) is 3.24. The molecule has 0 unspecified atom stereocenters. The van der Waals surface area contributed by atoms with Gasteiger partial charge in [0.15, 0.2) is 0 Å². The molecule has 5 nitrogen and oxygen atoms in total. The molecule has 1 aromatic rings. The molecule has 0 spiro atoms. The van der Waals surface area contributed by atoms with Crippen LogP contribution < -0.4 is 10.4 Å². The minimum absolute atomic E-state index is 0.167. The van der Waals surface area contributed by atoms with E-state index in [0.717, 1.165) is 16.8 Å². The first-order chi connectivity index (χ1) is 9.02. The second kappa shape index (κ2) is 5.40. The van der Waals surface area contributed by atoms with E-state index in [0.29, 0.717) is 13.0 Å². The SMILES string of the molecule is CONC(=O)[C@H]1CCN(c2cc(C)cc(C)c2)C1=O. The molecule has 1 saturated heterocycles. The summed E-state index contributed by atoms with van der Waals surface area (Å²) >= 11 is 0. The Kier molecular flexibility index (Phi) is 3.85. The standard InChI is InChI=1S/C14H18N2O3/c1-9-6-10(2)8-11(7-9)16-5-4-12(14(16)18)13(17)15-19-3/h6-8,12H,4-5H2,1-3H3,(H,15,17)/t12-/m1/s1. The Balaban J connectivity index is 2.19. The molecule has 2 rings (SSSR count). The van der Waals surface area contributed by atoms with E-state index in [1.165, 1.54) is 7.11 Å². The highest BCUT2D eigenvalue weighted by atomic mass is 16.6. The van der Waals surface area contributed by atoms with Crippen LogP contribution in [0.1, 0.15) is 17.5 Å². The van der Waals surface area contributed by atoms with Gasteiger partial charge < -0.3 is 4.90 Å². The number of nitrogens with zero attached hydrogens (tertiary/aromatic N) is 1. The lowest BCUT2D eigenvalue weighted by atomic mass is 10.1. The van der Waals surface area contributed by atoms with Crippen molar-refractivity contribution in [2.45, 2.75) is 20.3 Å². The van der Waals surface area contributed by atoms with E-state index >= 15 is 0 Å². The van der Waals surface area contributed by atoms with Crippen LogP contribution in [0, 0.1) is 19.8 Å². The minimum Gasteiger partial charge on any atom is -0.312 e. The van der Waals surface area contributed by atoms with Crippen molar-refractivity contribution in [2.75, 3.05) is 18.6 Å². The van der Waals surface area contributed by atoms with Gasteiger partial charge in [0.2, 0.25) is 5.91 Å². The summed E-state index contributed by atoms with van der Waals surface area (Å²) in [5.41, 5.74) is 5.29. The molecular formula is C14H18N2O3. The van der Waals surface area contributed by atoms with E-state index < -0.39 is 5.92 Å². The van der Waals surface area contributed by atoms with Gasteiger partial charge in [-0.15, -0.1) is 0 Å². The first kappa shape index (κ1) is 13.5. The van der Waals surface area contributed by atoms with Crippen molar-refractivity contribution in [1.29, 1.82) is 0 Å². The quantitative estimate of drug-likeness (QED) is 0.660. The van der Waals surface area contributed by atoms with E-state index in [1.807, 2.05) is 26.0 Å². The zero-order valence-electron chi connectivity index (χ0n) is 11.4. The predicted molar refractivity (Wildman–Crippen MR) is 71.5 cm³/mol. The fraction of sp³-hybridized carbons (Fsp3) is 0.429. The molecule has 2 amide bonds. The first-order valence-electron chi connectivity index (χ1n) is 6.25. The molecule has 0 radical (unpaired) electrons. The predicted octanol–water partition coefficient (Wildman–Crippen LogP) is 1.33. The lowest BCUT2D eigenvalue weighted by Crippen LogP contribution is -2.36. The molecule has 0 bridgehead atoms. The van der Waals surface area contributed by atoms with E-state index in [2.05, 4.69) is 16.4 Å². The van der Waals surface area contributed by atoms with Gasteiger partial charge in [0.1, 0.15) is 5.92 Å². The van der Waals surface area contributed by atoms with Crippen molar-refractivity contribution in [3.63, 3.8) is 0 Å². The molecule has 102 valence electrons. The number of carbonyl (C=O) groups is 2. The fourth-order valence-electron chi connectivity index (χ4n) is 2.46. The molecule has 19 heavy (non-hydrogen) atoms. The Bertz CT molecular complexity index is 493. The maximum atomic E-state index is 12.3. The van der Waals surface area contributed by atoms with Crippen LogP contribution in [-0.4, -0.2) is 25.5 Å². The summed E-state index contributed by atoms with van der Waals surface area (Å²) in [6.45, 7) is 4.54. The first-order valence-corrected chi connectivity index (χ1v) is 6.25. The Morgan fingerprint density at radius 2 is 1.95 bits per heavy atom. The van der Waals surface area contributed by atoms with Gasteiger partial charge in [-0.05, 0) is 43.5 Å². The monoisotopic (exact) mass is 262 g/mol. The summed E-state index contributed by atoms with van der Waals surface area (Å²) in [5.74, 6) is -1.19. The van der Waals surface area contributed by atoms with E-state index in [4.69, 9.17) is 0 Å². The van der Waals surface area contributed by atoms with Crippen molar-refractivity contribution < 1.29 is 14.4 Å². The highest BCUT2D eigenvalue weighted by Crippen LogP contribution is 2.27. The number of aryl methyl sites for hydroxylation is 2. The number of amides is 2. The van der Waals surface area contributed by atoms with Gasteiger partial charge in [0.25, 0.3) is 5.91 Å². The van der Waals surface area contributed by atoms with Crippen molar-refractivity contribution in [1.82, 2.24) is 5.48 Å². The van der Waals surface area contributed by atoms with Crippen LogP contribution in [0.4, 0.5) is 5.69 Å². The average molecular weight is 262 g/mol. The number of anilines is 1. The fourth-order valence-corrected chi connectivity index (χ4v) is 2.46. The van der Waals surface area contributed by atoms with Crippen LogP contribution in [0.15, 0.2) is 18.2 Å². The van der Waals surface area contributed by atoms with Gasteiger partial charge in [0, 0.05) is 12.2 Å². The topological polar surface area (TPSA) is 58.6 Å². The van der Waals surface area contributed by atoms with Gasteiger partial charge in [-0.25, -0.2) is 5.48 Å². The van der Waals surface area contributed by atoms with E-state index in [-0.39, 0.29) is 11.8 Å². The van der Waals surface area contributed by atoms with Crippen molar-refractivity contribution >= 4 is 17.5 Å². The smallest absolute Gasteiger partial charge is 0.256 e. The summed E-state index contributed by atoms with van der Waals surface area (Å²) in [4.78, 5) is 30.2. The Hall–Kier alpha value is -1.88. The van der Waals surface area contributed by atoms with Crippen LogP contribution >= 0.6 is 0 Å². The Labute approximate surface area is 112 Å². The second-order valence-corrected chi connectivity index (χ2v) is 4.85. The number of carbonyl (C=O) groups excluding carboxylic acids is 2. The summed E-state index contributed by atoms with van der Waals surface area (Å²) in [5, 5.41) is 0. The van der Waals surface area contributed by atoms with Crippen molar-refractivity contribution in [2.24, 2.45) is 5.92 Å². The average Bonchev–Trinajstić information content (AvgIpc) is 2.70. The lowest BCUT2D eigenvalue weighted by Gasteiger charge is -2.18.